The van der Waals surface area contributed by atoms with Gasteiger partial charge in [0.05, 0.1) is 23.9 Å². The zero-order valence-corrected chi connectivity index (χ0v) is 11.9. The van der Waals surface area contributed by atoms with Crippen LogP contribution in [0.1, 0.15) is 23.7 Å². The lowest BCUT2D eigenvalue weighted by atomic mass is 10.1. The number of alkyl halides is 1. The van der Waals surface area contributed by atoms with Crippen molar-refractivity contribution in [3.63, 3.8) is 0 Å². The summed E-state index contributed by atoms with van der Waals surface area (Å²) in [7, 11) is 0. The van der Waals surface area contributed by atoms with Gasteiger partial charge >= 0.3 is 5.97 Å². The van der Waals surface area contributed by atoms with Crippen LogP contribution in [0.2, 0.25) is 5.02 Å². The van der Waals surface area contributed by atoms with E-state index in [2.05, 4.69) is 0 Å². The molecule has 0 heterocycles. The molecule has 2 N–H and O–H groups in total. The van der Waals surface area contributed by atoms with Gasteiger partial charge in [0.2, 0.25) is 0 Å². The molecule has 0 bridgehead atoms. The second kappa shape index (κ2) is 7.40. The highest BCUT2D eigenvalue weighted by Crippen LogP contribution is 2.34. The number of nitrogen functional groups attached to an aromatic ring is 1. The van der Waals surface area contributed by atoms with Crippen molar-refractivity contribution in [3.05, 3.63) is 22.5 Å². The standard InChI is InChI=1S/C12H14Cl2FNO3/c1-2-18-12(17)9-10(15)7(14)6-8(16)11(9)19-5-3-4-13/h6H,2-5,16H2,1H3. The van der Waals surface area contributed by atoms with Crippen molar-refractivity contribution in [2.75, 3.05) is 24.8 Å². The molecule has 106 valence electrons. The second-order valence-electron chi connectivity index (χ2n) is 3.58. The number of ether oxygens (including phenoxy) is 2. The molecule has 0 saturated carbocycles. The van der Waals surface area contributed by atoms with Gasteiger partial charge in [0.1, 0.15) is 5.56 Å². The van der Waals surface area contributed by atoms with Crippen molar-refractivity contribution in [2.24, 2.45) is 0 Å². The summed E-state index contributed by atoms with van der Waals surface area (Å²) >= 11 is 11.2. The molecular weight excluding hydrogens is 296 g/mol. The molecule has 0 atom stereocenters. The Hall–Kier alpha value is -1.20. The molecule has 1 rings (SSSR count). The number of esters is 1. The number of anilines is 1. The van der Waals surface area contributed by atoms with Gasteiger partial charge in [0.25, 0.3) is 0 Å². The molecule has 0 unspecified atom stereocenters. The third-order valence-corrected chi connectivity index (χ3v) is 2.75. The van der Waals surface area contributed by atoms with Gasteiger partial charge in [0, 0.05) is 5.88 Å². The second-order valence-corrected chi connectivity index (χ2v) is 4.36. The van der Waals surface area contributed by atoms with Gasteiger partial charge in [-0.2, -0.15) is 0 Å². The molecule has 0 amide bonds. The molecule has 7 heteroatoms. The van der Waals surface area contributed by atoms with Crippen LogP contribution in [-0.4, -0.2) is 25.1 Å². The number of nitrogens with two attached hydrogens (primary N) is 1. The first-order valence-corrected chi connectivity index (χ1v) is 6.57. The average molecular weight is 310 g/mol. The lowest BCUT2D eigenvalue weighted by molar-refractivity contribution is 0.0516. The Morgan fingerprint density at radius 3 is 2.79 bits per heavy atom. The normalized spacial score (nSPS) is 10.3. The summed E-state index contributed by atoms with van der Waals surface area (Å²) in [5.74, 6) is -1.46. The van der Waals surface area contributed by atoms with E-state index in [1.165, 1.54) is 6.07 Å². The summed E-state index contributed by atoms with van der Waals surface area (Å²) < 4.78 is 24.0. The Labute approximate surface area is 120 Å². The molecule has 0 aromatic heterocycles. The van der Waals surface area contributed by atoms with Crippen LogP contribution in [-0.2, 0) is 4.74 Å². The van der Waals surface area contributed by atoms with Gasteiger partial charge in [-0.3, -0.25) is 0 Å². The maximum atomic E-state index is 13.9. The zero-order chi connectivity index (χ0) is 14.4. The third-order valence-electron chi connectivity index (χ3n) is 2.20. The van der Waals surface area contributed by atoms with E-state index in [0.29, 0.717) is 12.3 Å². The molecule has 0 saturated heterocycles. The fraction of sp³-hybridized carbons (Fsp3) is 0.417. The van der Waals surface area contributed by atoms with E-state index in [9.17, 15) is 9.18 Å². The van der Waals surface area contributed by atoms with Gasteiger partial charge in [-0.25, -0.2) is 9.18 Å². The number of hydrogen-bond acceptors (Lipinski definition) is 4. The highest BCUT2D eigenvalue weighted by molar-refractivity contribution is 6.31. The highest BCUT2D eigenvalue weighted by atomic mass is 35.5. The van der Waals surface area contributed by atoms with Gasteiger partial charge < -0.3 is 15.2 Å². The molecule has 0 aliphatic carbocycles. The SMILES string of the molecule is CCOC(=O)c1c(F)c(Cl)cc(N)c1OCCCCl. The van der Waals surface area contributed by atoms with E-state index in [-0.39, 0.29) is 35.2 Å². The Morgan fingerprint density at radius 1 is 1.53 bits per heavy atom. The molecule has 1 aromatic carbocycles. The van der Waals surface area contributed by atoms with Gasteiger partial charge in [0.15, 0.2) is 11.6 Å². The number of carbonyl (C=O) groups excluding carboxylic acids is 1. The number of rotatable bonds is 6. The first-order valence-electron chi connectivity index (χ1n) is 5.66. The van der Waals surface area contributed by atoms with Crippen LogP contribution in [0.4, 0.5) is 10.1 Å². The number of carbonyl (C=O) groups is 1. The molecule has 0 radical (unpaired) electrons. The average Bonchev–Trinajstić information content (AvgIpc) is 2.36. The summed E-state index contributed by atoms with van der Waals surface area (Å²) in [5, 5.41) is -0.259. The first-order chi connectivity index (χ1) is 9.02. The van der Waals surface area contributed by atoms with Gasteiger partial charge in [-0.1, -0.05) is 11.6 Å². The lowest BCUT2D eigenvalue weighted by Crippen LogP contribution is -2.13. The van der Waals surface area contributed by atoms with Crippen LogP contribution >= 0.6 is 23.2 Å². The number of halogens is 3. The Balaban J connectivity index is 3.18. The monoisotopic (exact) mass is 309 g/mol. The molecule has 19 heavy (non-hydrogen) atoms. The molecule has 0 fully saturated rings. The van der Waals surface area contributed by atoms with Crippen LogP contribution in [0.15, 0.2) is 6.07 Å². The largest absolute Gasteiger partial charge is 0.490 e. The first kappa shape index (κ1) is 15.9. The minimum atomic E-state index is -0.907. The van der Waals surface area contributed by atoms with E-state index in [1.54, 1.807) is 6.92 Å². The Bertz CT molecular complexity index is 469. The smallest absolute Gasteiger partial charge is 0.345 e. The van der Waals surface area contributed by atoms with Crippen LogP contribution in [0.5, 0.6) is 5.75 Å². The van der Waals surface area contributed by atoms with Crippen molar-refractivity contribution >= 4 is 34.9 Å². The van der Waals surface area contributed by atoms with Gasteiger partial charge in [-0.15, -0.1) is 11.6 Å². The van der Waals surface area contributed by atoms with E-state index in [4.69, 9.17) is 38.4 Å². The minimum absolute atomic E-state index is 0.0644. The van der Waals surface area contributed by atoms with Crippen molar-refractivity contribution in [1.82, 2.24) is 0 Å². The Kier molecular flexibility index (Phi) is 6.18. The quantitative estimate of drug-likeness (QED) is 0.379. The topological polar surface area (TPSA) is 61.5 Å². The summed E-state index contributed by atoms with van der Waals surface area (Å²) in [6.07, 6.45) is 0.535. The van der Waals surface area contributed by atoms with Crippen molar-refractivity contribution in [2.45, 2.75) is 13.3 Å². The molecule has 0 aliphatic heterocycles. The van der Waals surface area contributed by atoms with Crippen molar-refractivity contribution in [3.8, 4) is 5.75 Å². The molecule has 4 nitrogen and oxygen atoms in total. The fourth-order valence-corrected chi connectivity index (χ4v) is 1.72. The van der Waals surface area contributed by atoms with E-state index < -0.39 is 11.8 Å². The molecular formula is C12H14Cl2FNO3. The number of hydrogen-bond donors (Lipinski definition) is 1. The van der Waals surface area contributed by atoms with Crippen LogP contribution < -0.4 is 10.5 Å². The lowest BCUT2D eigenvalue weighted by Gasteiger charge is -2.14. The summed E-state index contributed by atoms with van der Waals surface area (Å²) in [4.78, 5) is 11.7. The predicted molar refractivity (Wildman–Crippen MR) is 72.6 cm³/mol. The summed E-state index contributed by atoms with van der Waals surface area (Å²) in [6, 6.07) is 1.19. The van der Waals surface area contributed by atoms with E-state index in [1.807, 2.05) is 0 Å². The highest BCUT2D eigenvalue weighted by Gasteiger charge is 2.24. The maximum Gasteiger partial charge on any atom is 0.345 e. The van der Waals surface area contributed by atoms with Gasteiger partial charge in [-0.05, 0) is 19.4 Å². The maximum absolute atomic E-state index is 13.9. The van der Waals surface area contributed by atoms with E-state index >= 15 is 0 Å². The predicted octanol–water partition coefficient (Wildman–Crippen LogP) is 3.25. The molecule has 0 spiro atoms. The minimum Gasteiger partial charge on any atom is -0.490 e. The fourth-order valence-electron chi connectivity index (χ4n) is 1.40. The van der Waals surface area contributed by atoms with Crippen molar-refractivity contribution in [1.29, 1.82) is 0 Å². The molecule has 0 aliphatic rings. The van der Waals surface area contributed by atoms with Crippen LogP contribution in [0.25, 0.3) is 0 Å². The van der Waals surface area contributed by atoms with Crippen LogP contribution in [0, 0.1) is 5.82 Å². The van der Waals surface area contributed by atoms with Crippen LogP contribution in [0.3, 0.4) is 0 Å². The Morgan fingerprint density at radius 2 is 2.21 bits per heavy atom. The number of benzene rings is 1. The zero-order valence-electron chi connectivity index (χ0n) is 10.3. The van der Waals surface area contributed by atoms with Crippen molar-refractivity contribution < 1.29 is 18.7 Å². The summed E-state index contributed by atoms with van der Waals surface area (Å²) in [6.45, 7) is 1.92. The molecule has 1 aromatic rings. The third kappa shape index (κ3) is 3.88. The summed E-state index contributed by atoms with van der Waals surface area (Å²) in [5.41, 5.74) is 5.38. The van der Waals surface area contributed by atoms with E-state index in [0.717, 1.165) is 0 Å².